The second-order valence-electron chi connectivity index (χ2n) is 5.45. The molecule has 0 radical (unpaired) electrons. The molecule has 0 aliphatic heterocycles. The Bertz CT molecular complexity index is 628. The fourth-order valence-corrected chi connectivity index (χ4v) is 2.69. The number of hydrogen-bond acceptors (Lipinski definition) is 4. The monoisotopic (exact) mass is 300 g/mol. The second kappa shape index (κ2) is 6.71. The predicted molar refractivity (Wildman–Crippen MR) is 83.9 cm³/mol. The highest BCUT2D eigenvalue weighted by molar-refractivity contribution is 6.09. The molecule has 0 fully saturated rings. The molecule has 22 heavy (non-hydrogen) atoms. The number of benzene rings is 1. The van der Waals surface area contributed by atoms with Gasteiger partial charge in [0.25, 0.3) is 0 Å². The number of methoxy groups -OCH3 is 1. The van der Waals surface area contributed by atoms with Crippen LogP contribution >= 0.6 is 0 Å². The minimum Gasteiger partial charge on any atom is -0.500 e. The molecule has 0 amide bonds. The van der Waals surface area contributed by atoms with Gasteiger partial charge >= 0.3 is 0 Å². The van der Waals surface area contributed by atoms with Gasteiger partial charge in [-0.15, -0.1) is 0 Å². The van der Waals surface area contributed by atoms with E-state index in [1.54, 1.807) is 19.9 Å². The molecule has 2 rings (SSSR count). The van der Waals surface area contributed by atoms with Gasteiger partial charge in [0.2, 0.25) is 0 Å². The van der Waals surface area contributed by atoms with Crippen molar-refractivity contribution < 1.29 is 19.4 Å². The number of carbonyl (C=O) groups is 2. The molecule has 3 unspecified atom stereocenters. The van der Waals surface area contributed by atoms with Gasteiger partial charge in [-0.3, -0.25) is 9.59 Å². The van der Waals surface area contributed by atoms with Crippen LogP contribution in [-0.4, -0.2) is 29.9 Å². The SMILES string of the molecule is COC1=C(C(=O)C=Cc2ccccc2)C(O)C(C)C(=O)C1C. The van der Waals surface area contributed by atoms with Crippen LogP contribution in [0.3, 0.4) is 0 Å². The van der Waals surface area contributed by atoms with Crippen LogP contribution in [0.2, 0.25) is 0 Å². The summed E-state index contributed by atoms with van der Waals surface area (Å²) in [5.74, 6) is -1.32. The van der Waals surface area contributed by atoms with Gasteiger partial charge in [0.15, 0.2) is 5.78 Å². The van der Waals surface area contributed by atoms with Crippen molar-refractivity contribution in [3.8, 4) is 0 Å². The Labute approximate surface area is 130 Å². The Morgan fingerprint density at radius 1 is 1.23 bits per heavy atom. The zero-order valence-corrected chi connectivity index (χ0v) is 12.9. The lowest BCUT2D eigenvalue weighted by Gasteiger charge is -2.31. The molecule has 0 heterocycles. The lowest BCUT2D eigenvalue weighted by atomic mass is 9.78. The van der Waals surface area contributed by atoms with E-state index in [0.717, 1.165) is 5.56 Å². The number of ketones is 2. The highest BCUT2D eigenvalue weighted by atomic mass is 16.5. The van der Waals surface area contributed by atoms with E-state index in [2.05, 4.69) is 0 Å². The summed E-state index contributed by atoms with van der Waals surface area (Å²) in [6, 6.07) is 9.40. The second-order valence-corrected chi connectivity index (χ2v) is 5.45. The van der Waals surface area contributed by atoms with Crippen molar-refractivity contribution >= 4 is 17.6 Å². The molecule has 3 atom stereocenters. The third-order valence-electron chi connectivity index (χ3n) is 4.02. The van der Waals surface area contributed by atoms with Gasteiger partial charge in [-0.1, -0.05) is 43.3 Å². The molecule has 0 saturated heterocycles. The first-order valence-corrected chi connectivity index (χ1v) is 7.24. The van der Waals surface area contributed by atoms with Gasteiger partial charge in [-0.25, -0.2) is 0 Å². The van der Waals surface area contributed by atoms with E-state index in [9.17, 15) is 14.7 Å². The van der Waals surface area contributed by atoms with Crippen LogP contribution in [0.25, 0.3) is 6.08 Å². The van der Waals surface area contributed by atoms with E-state index in [-0.39, 0.29) is 22.9 Å². The van der Waals surface area contributed by atoms with E-state index in [1.807, 2.05) is 30.3 Å². The Kier molecular flexibility index (Phi) is 4.93. The number of aliphatic hydroxyl groups excluding tert-OH is 1. The van der Waals surface area contributed by atoms with Crippen molar-refractivity contribution in [3.05, 3.63) is 53.3 Å². The van der Waals surface area contributed by atoms with Crippen molar-refractivity contribution in [1.82, 2.24) is 0 Å². The van der Waals surface area contributed by atoms with Crippen LogP contribution in [0.5, 0.6) is 0 Å². The summed E-state index contributed by atoms with van der Waals surface area (Å²) in [6.07, 6.45) is 1.95. The number of allylic oxidation sites excluding steroid dienone is 2. The predicted octanol–water partition coefficient (Wildman–Crippen LogP) is 2.39. The average Bonchev–Trinajstić information content (AvgIpc) is 2.54. The third-order valence-corrected chi connectivity index (χ3v) is 4.02. The van der Waals surface area contributed by atoms with E-state index in [1.165, 1.54) is 13.2 Å². The zero-order chi connectivity index (χ0) is 16.3. The zero-order valence-electron chi connectivity index (χ0n) is 12.9. The Hall–Kier alpha value is -2.20. The molecule has 116 valence electrons. The summed E-state index contributed by atoms with van der Waals surface area (Å²) in [7, 11) is 1.41. The normalized spacial score (nSPS) is 25.6. The van der Waals surface area contributed by atoms with Gasteiger partial charge in [-0.05, 0) is 18.6 Å². The summed E-state index contributed by atoms with van der Waals surface area (Å²) >= 11 is 0. The van der Waals surface area contributed by atoms with E-state index < -0.39 is 17.9 Å². The molecule has 1 aliphatic rings. The van der Waals surface area contributed by atoms with Gasteiger partial charge in [0.1, 0.15) is 11.5 Å². The maximum atomic E-state index is 12.5. The van der Waals surface area contributed by atoms with Crippen LogP contribution in [-0.2, 0) is 14.3 Å². The summed E-state index contributed by atoms with van der Waals surface area (Å²) in [4.78, 5) is 24.5. The fourth-order valence-electron chi connectivity index (χ4n) is 2.69. The van der Waals surface area contributed by atoms with Gasteiger partial charge in [-0.2, -0.15) is 0 Å². The highest BCUT2D eigenvalue weighted by Crippen LogP contribution is 2.32. The van der Waals surface area contributed by atoms with Crippen molar-refractivity contribution in [2.24, 2.45) is 11.8 Å². The number of Topliss-reactive ketones (excluding diaryl/α,β-unsaturated/α-hetero) is 1. The molecule has 4 nitrogen and oxygen atoms in total. The third kappa shape index (κ3) is 3.02. The summed E-state index contributed by atoms with van der Waals surface area (Å²) in [6.45, 7) is 3.32. The summed E-state index contributed by atoms with van der Waals surface area (Å²) in [5.41, 5.74) is 1.06. The van der Waals surface area contributed by atoms with Crippen LogP contribution in [0, 0.1) is 11.8 Å². The topological polar surface area (TPSA) is 63.6 Å². The number of ether oxygens (including phenoxy) is 1. The standard InChI is InChI=1S/C18H20O4/c1-11-16(20)12(2)18(22-3)15(17(11)21)14(19)10-9-13-7-5-4-6-8-13/h4-12,17,21H,1-3H3. The smallest absolute Gasteiger partial charge is 0.187 e. The first-order chi connectivity index (χ1) is 10.5. The molecule has 0 saturated carbocycles. The molecule has 1 aromatic rings. The first-order valence-electron chi connectivity index (χ1n) is 7.24. The Morgan fingerprint density at radius 2 is 1.86 bits per heavy atom. The molecule has 4 heteroatoms. The molecule has 0 spiro atoms. The van der Waals surface area contributed by atoms with E-state index in [0.29, 0.717) is 0 Å². The molecular formula is C18H20O4. The van der Waals surface area contributed by atoms with E-state index >= 15 is 0 Å². The van der Waals surface area contributed by atoms with E-state index in [4.69, 9.17) is 4.74 Å². The lowest BCUT2D eigenvalue weighted by molar-refractivity contribution is -0.130. The molecule has 0 aromatic heterocycles. The molecular weight excluding hydrogens is 280 g/mol. The Balaban J connectivity index is 2.35. The summed E-state index contributed by atoms with van der Waals surface area (Å²) in [5, 5.41) is 10.3. The van der Waals surface area contributed by atoms with Crippen LogP contribution < -0.4 is 0 Å². The van der Waals surface area contributed by atoms with Crippen LogP contribution in [0.1, 0.15) is 19.4 Å². The first kappa shape index (κ1) is 16.2. The van der Waals surface area contributed by atoms with Gasteiger partial charge in [0, 0.05) is 5.92 Å². The maximum Gasteiger partial charge on any atom is 0.187 e. The molecule has 1 N–H and O–H groups in total. The van der Waals surface area contributed by atoms with Crippen molar-refractivity contribution in [3.63, 3.8) is 0 Å². The van der Waals surface area contributed by atoms with Crippen molar-refractivity contribution in [2.75, 3.05) is 7.11 Å². The largest absolute Gasteiger partial charge is 0.500 e. The summed E-state index contributed by atoms with van der Waals surface area (Å²) < 4.78 is 5.22. The van der Waals surface area contributed by atoms with Crippen molar-refractivity contribution in [2.45, 2.75) is 20.0 Å². The lowest BCUT2D eigenvalue weighted by Crippen LogP contribution is -2.40. The minimum absolute atomic E-state index is 0.118. The molecule has 0 bridgehead atoms. The van der Waals surface area contributed by atoms with Gasteiger partial charge in [0.05, 0.1) is 24.7 Å². The fraction of sp³-hybridized carbons (Fsp3) is 0.333. The van der Waals surface area contributed by atoms with Crippen LogP contribution in [0.4, 0.5) is 0 Å². The maximum absolute atomic E-state index is 12.5. The minimum atomic E-state index is -1.13. The van der Waals surface area contributed by atoms with Gasteiger partial charge < -0.3 is 9.84 Å². The average molecular weight is 300 g/mol. The number of rotatable bonds is 4. The van der Waals surface area contributed by atoms with Crippen LogP contribution in [0.15, 0.2) is 47.7 Å². The highest BCUT2D eigenvalue weighted by Gasteiger charge is 2.41. The Morgan fingerprint density at radius 3 is 2.45 bits per heavy atom. The molecule has 1 aromatic carbocycles. The number of aliphatic hydroxyl groups is 1. The quantitative estimate of drug-likeness (QED) is 0.867. The number of hydrogen-bond donors (Lipinski definition) is 1. The number of carbonyl (C=O) groups excluding carboxylic acids is 2. The molecule has 1 aliphatic carbocycles. The van der Waals surface area contributed by atoms with Crippen molar-refractivity contribution in [1.29, 1.82) is 0 Å².